The summed E-state index contributed by atoms with van der Waals surface area (Å²) in [4.78, 5) is 38.5. The third-order valence-corrected chi connectivity index (χ3v) is 4.81. The standard InChI is InChI=1S/C22H24N2O6/c1-14-8-9-18(28-2)16(10-14)23-20(25)13-30-22(27)15-11-21(26)24(12-15)17-6-4-5-7-19(17)29-3/h4-10,15H,11-13H2,1-3H3,(H,23,25)/t15-/m1/s1. The highest BCUT2D eigenvalue weighted by Gasteiger charge is 2.37. The highest BCUT2D eigenvalue weighted by Crippen LogP contribution is 2.33. The van der Waals surface area contributed by atoms with Crippen molar-refractivity contribution in [2.45, 2.75) is 13.3 Å². The molecule has 1 N–H and O–H groups in total. The van der Waals surface area contributed by atoms with Gasteiger partial charge < -0.3 is 24.4 Å². The molecule has 158 valence electrons. The topological polar surface area (TPSA) is 94.2 Å². The molecule has 1 aliphatic rings. The molecule has 30 heavy (non-hydrogen) atoms. The van der Waals surface area contributed by atoms with Crippen LogP contribution in [0.15, 0.2) is 42.5 Å². The lowest BCUT2D eigenvalue weighted by Gasteiger charge is -2.19. The molecule has 0 spiro atoms. The first-order chi connectivity index (χ1) is 14.4. The first-order valence-electron chi connectivity index (χ1n) is 9.47. The molecule has 2 aromatic rings. The van der Waals surface area contributed by atoms with Crippen molar-refractivity contribution in [2.75, 3.05) is 37.6 Å². The van der Waals surface area contributed by atoms with Gasteiger partial charge >= 0.3 is 5.97 Å². The summed E-state index contributed by atoms with van der Waals surface area (Å²) in [5.41, 5.74) is 2.05. The van der Waals surface area contributed by atoms with Gasteiger partial charge in [-0.25, -0.2) is 0 Å². The number of amides is 2. The van der Waals surface area contributed by atoms with Crippen LogP contribution in [0.4, 0.5) is 11.4 Å². The normalized spacial score (nSPS) is 15.6. The second kappa shape index (κ2) is 9.30. The van der Waals surface area contributed by atoms with Gasteiger partial charge in [-0.3, -0.25) is 14.4 Å². The number of anilines is 2. The number of hydrogen-bond acceptors (Lipinski definition) is 6. The summed E-state index contributed by atoms with van der Waals surface area (Å²) in [6, 6.07) is 12.5. The SMILES string of the molecule is COc1ccc(C)cc1NC(=O)COC(=O)[C@@H]1CC(=O)N(c2ccccc2OC)C1. The Hall–Kier alpha value is -3.55. The molecule has 1 aliphatic heterocycles. The number of hydrogen-bond donors (Lipinski definition) is 1. The summed E-state index contributed by atoms with van der Waals surface area (Å²) in [6.07, 6.45) is 0.0181. The van der Waals surface area contributed by atoms with Crippen LogP contribution < -0.4 is 19.7 Å². The van der Waals surface area contributed by atoms with Crippen molar-refractivity contribution in [1.82, 2.24) is 0 Å². The van der Waals surface area contributed by atoms with E-state index in [0.29, 0.717) is 22.9 Å². The Bertz CT molecular complexity index is 958. The zero-order valence-corrected chi connectivity index (χ0v) is 17.1. The number of benzene rings is 2. The molecule has 3 rings (SSSR count). The Morgan fingerprint density at radius 3 is 2.57 bits per heavy atom. The van der Waals surface area contributed by atoms with E-state index in [-0.39, 0.29) is 18.9 Å². The van der Waals surface area contributed by atoms with Gasteiger partial charge in [-0.15, -0.1) is 0 Å². The fourth-order valence-electron chi connectivity index (χ4n) is 3.31. The molecular weight excluding hydrogens is 388 g/mol. The van der Waals surface area contributed by atoms with Gasteiger partial charge in [-0.1, -0.05) is 18.2 Å². The van der Waals surface area contributed by atoms with E-state index in [1.165, 1.54) is 19.1 Å². The zero-order valence-electron chi connectivity index (χ0n) is 17.1. The third kappa shape index (κ3) is 4.71. The molecule has 0 aromatic heterocycles. The predicted molar refractivity (Wildman–Crippen MR) is 111 cm³/mol. The molecule has 0 unspecified atom stereocenters. The summed E-state index contributed by atoms with van der Waals surface area (Å²) in [6.45, 7) is 1.61. The minimum Gasteiger partial charge on any atom is -0.495 e. The van der Waals surface area contributed by atoms with Crippen LogP contribution in [0.2, 0.25) is 0 Å². The number of nitrogens with one attached hydrogen (secondary N) is 1. The molecule has 1 heterocycles. The first kappa shape index (κ1) is 21.2. The maximum atomic E-state index is 12.4. The molecule has 0 aliphatic carbocycles. The summed E-state index contributed by atoms with van der Waals surface area (Å²) in [5, 5.41) is 2.67. The lowest BCUT2D eigenvalue weighted by atomic mass is 10.1. The lowest BCUT2D eigenvalue weighted by molar-refractivity contribution is -0.151. The fourth-order valence-corrected chi connectivity index (χ4v) is 3.31. The molecular formula is C22H24N2O6. The summed E-state index contributed by atoms with van der Waals surface area (Å²) >= 11 is 0. The molecule has 1 saturated heterocycles. The van der Waals surface area contributed by atoms with E-state index in [0.717, 1.165) is 5.56 Å². The molecule has 1 atom stereocenters. The Morgan fingerprint density at radius 1 is 1.10 bits per heavy atom. The monoisotopic (exact) mass is 412 g/mol. The van der Waals surface area contributed by atoms with E-state index in [1.54, 1.807) is 36.4 Å². The minimum atomic E-state index is -0.649. The number of methoxy groups -OCH3 is 2. The van der Waals surface area contributed by atoms with E-state index in [2.05, 4.69) is 5.32 Å². The van der Waals surface area contributed by atoms with Gasteiger partial charge in [-0.05, 0) is 36.8 Å². The highest BCUT2D eigenvalue weighted by atomic mass is 16.5. The van der Waals surface area contributed by atoms with Crippen molar-refractivity contribution in [2.24, 2.45) is 5.92 Å². The van der Waals surface area contributed by atoms with Gasteiger partial charge in [0, 0.05) is 13.0 Å². The second-order valence-electron chi connectivity index (χ2n) is 6.94. The van der Waals surface area contributed by atoms with Gasteiger partial charge in [0.25, 0.3) is 5.91 Å². The summed E-state index contributed by atoms with van der Waals surface area (Å²) < 4.78 is 15.7. The van der Waals surface area contributed by atoms with E-state index >= 15 is 0 Å². The van der Waals surface area contributed by atoms with Gasteiger partial charge in [0.2, 0.25) is 5.91 Å². The van der Waals surface area contributed by atoms with E-state index in [9.17, 15) is 14.4 Å². The van der Waals surface area contributed by atoms with E-state index in [4.69, 9.17) is 14.2 Å². The number of para-hydroxylation sites is 2. The Kier molecular flexibility index (Phi) is 6.56. The minimum absolute atomic E-state index is 0.0181. The maximum Gasteiger partial charge on any atom is 0.311 e. The third-order valence-electron chi connectivity index (χ3n) is 4.81. The van der Waals surface area contributed by atoms with Gasteiger partial charge in [0.1, 0.15) is 11.5 Å². The number of nitrogens with zero attached hydrogens (tertiary/aromatic N) is 1. The largest absolute Gasteiger partial charge is 0.495 e. The molecule has 8 nitrogen and oxygen atoms in total. The van der Waals surface area contributed by atoms with Gasteiger partial charge in [-0.2, -0.15) is 0 Å². The number of ether oxygens (including phenoxy) is 3. The molecule has 2 aromatic carbocycles. The van der Waals surface area contributed by atoms with Crippen LogP contribution >= 0.6 is 0 Å². The van der Waals surface area contributed by atoms with Crippen LogP contribution in [-0.2, 0) is 19.1 Å². The number of rotatable bonds is 7. The second-order valence-corrected chi connectivity index (χ2v) is 6.94. The smallest absolute Gasteiger partial charge is 0.311 e. The average molecular weight is 412 g/mol. The van der Waals surface area contributed by atoms with Crippen molar-refractivity contribution in [3.05, 3.63) is 48.0 Å². The van der Waals surface area contributed by atoms with Crippen LogP contribution in [-0.4, -0.2) is 45.2 Å². The predicted octanol–water partition coefficient (Wildman–Crippen LogP) is 2.55. The van der Waals surface area contributed by atoms with Crippen molar-refractivity contribution in [3.8, 4) is 11.5 Å². The van der Waals surface area contributed by atoms with Crippen LogP contribution in [0.3, 0.4) is 0 Å². The Labute approximate surface area is 174 Å². The van der Waals surface area contributed by atoms with Gasteiger partial charge in [0.05, 0.1) is 31.5 Å². The summed E-state index contributed by atoms with van der Waals surface area (Å²) in [5.74, 6) is -0.871. The van der Waals surface area contributed by atoms with Crippen LogP contribution in [0.25, 0.3) is 0 Å². The van der Waals surface area contributed by atoms with Crippen molar-refractivity contribution >= 4 is 29.2 Å². The van der Waals surface area contributed by atoms with Crippen LogP contribution in [0.1, 0.15) is 12.0 Å². The van der Waals surface area contributed by atoms with Crippen molar-refractivity contribution in [3.63, 3.8) is 0 Å². The average Bonchev–Trinajstić information content (AvgIpc) is 3.13. The summed E-state index contributed by atoms with van der Waals surface area (Å²) in [7, 11) is 3.03. The number of esters is 1. The van der Waals surface area contributed by atoms with Crippen molar-refractivity contribution in [1.29, 1.82) is 0 Å². The van der Waals surface area contributed by atoms with Crippen LogP contribution in [0, 0.1) is 12.8 Å². The number of carbonyl (C=O) groups excluding carboxylic acids is 3. The number of carbonyl (C=O) groups is 3. The quantitative estimate of drug-likeness (QED) is 0.703. The maximum absolute atomic E-state index is 12.4. The zero-order chi connectivity index (χ0) is 21.7. The van der Waals surface area contributed by atoms with E-state index < -0.39 is 24.4 Å². The van der Waals surface area contributed by atoms with E-state index in [1.807, 2.05) is 13.0 Å². The van der Waals surface area contributed by atoms with Gasteiger partial charge in [0.15, 0.2) is 6.61 Å². The Morgan fingerprint density at radius 2 is 1.83 bits per heavy atom. The molecule has 2 amide bonds. The fraction of sp³-hybridized carbons (Fsp3) is 0.318. The number of aryl methyl sites for hydroxylation is 1. The Balaban J connectivity index is 1.57. The molecule has 0 bridgehead atoms. The first-order valence-corrected chi connectivity index (χ1v) is 9.47. The highest BCUT2D eigenvalue weighted by molar-refractivity contribution is 6.01. The molecule has 0 radical (unpaired) electrons. The molecule has 8 heteroatoms. The molecule has 1 fully saturated rings. The van der Waals surface area contributed by atoms with Crippen LogP contribution in [0.5, 0.6) is 11.5 Å². The lowest BCUT2D eigenvalue weighted by Crippen LogP contribution is -2.28. The van der Waals surface area contributed by atoms with Crippen molar-refractivity contribution < 1.29 is 28.6 Å². The molecule has 0 saturated carbocycles.